The van der Waals surface area contributed by atoms with Crippen LogP contribution in [0.25, 0.3) is 27.7 Å². The van der Waals surface area contributed by atoms with E-state index in [4.69, 9.17) is 47.6 Å². The molecule has 0 radical (unpaired) electrons. The molecule has 1 aromatic carbocycles. The van der Waals surface area contributed by atoms with Crippen LogP contribution in [-0.4, -0.2) is 120 Å². The number of aromatic nitrogens is 4. The number of ether oxygens (including phenoxy) is 2. The summed E-state index contributed by atoms with van der Waals surface area (Å²) in [5.41, 5.74) is 4.96. The second-order valence-electron chi connectivity index (χ2n) is 13.2. The van der Waals surface area contributed by atoms with E-state index in [1.54, 1.807) is 20.3 Å². The van der Waals surface area contributed by atoms with Gasteiger partial charge in [-0.05, 0) is 50.7 Å². The number of carbonyl (C=O) groups is 1. The van der Waals surface area contributed by atoms with E-state index in [9.17, 15) is 4.79 Å². The minimum absolute atomic E-state index is 0.00909. The number of anilines is 3. The van der Waals surface area contributed by atoms with Crippen LogP contribution in [0.3, 0.4) is 0 Å². The van der Waals surface area contributed by atoms with Crippen molar-refractivity contribution in [2.75, 3.05) is 90.4 Å². The van der Waals surface area contributed by atoms with E-state index in [1.807, 2.05) is 35.5 Å². The van der Waals surface area contributed by atoms with Gasteiger partial charge in [0.15, 0.2) is 0 Å². The number of pyridine rings is 3. The fourth-order valence-corrected chi connectivity index (χ4v) is 7.64. The van der Waals surface area contributed by atoms with Gasteiger partial charge in [-0.3, -0.25) is 14.1 Å². The number of nitrogens with one attached hydrogen (secondary N) is 1. The highest BCUT2D eigenvalue weighted by molar-refractivity contribution is 6.41. The summed E-state index contributed by atoms with van der Waals surface area (Å²) >= 11 is 13.9. The minimum atomic E-state index is -0.00909. The molecule has 12 nitrogen and oxygen atoms in total. The first-order valence-corrected chi connectivity index (χ1v) is 18.2. The SMILES string of the molecule is C=CC(=O)N1CCN(CCCc2cn3c(n2)c(-c2c(Cl)c(OC)cc(OC)c2Cl)cc2cnc(Nc4ccc(N5CCN(C)CC5)cn4)cc23)CC1. The van der Waals surface area contributed by atoms with Crippen LogP contribution in [-0.2, 0) is 11.2 Å². The van der Waals surface area contributed by atoms with Crippen molar-refractivity contribution in [3.63, 3.8) is 0 Å². The van der Waals surface area contributed by atoms with Crippen molar-refractivity contribution in [1.29, 1.82) is 0 Å². The highest BCUT2D eigenvalue weighted by atomic mass is 35.5. The molecule has 2 saturated heterocycles. The number of hydrogen-bond acceptors (Lipinski definition) is 10. The number of benzene rings is 1. The van der Waals surface area contributed by atoms with Gasteiger partial charge in [-0.1, -0.05) is 29.8 Å². The van der Waals surface area contributed by atoms with Crippen molar-refractivity contribution in [3.8, 4) is 22.6 Å². The van der Waals surface area contributed by atoms with Crippen LogP contribution in [0.1, 0.15) is 12.1 Å². The molecule has 1 amide bonds. The van der Waals surface area contributed by atoms with Crippen LogP contribution >= 0.6 is 23.2 Å². The molecule has 0 aliphatic carbocycles. The number of rotatable bonds is 11. The second-order valence-corrected chi connectivity index (χ2v) is 13.9. The molecular formula is C38H43Cl2N9O3. The first-order valence-electron chi connectivity index (χ1n) is 17.5. The first kappa shape index (κ1) is 35.8. The van der Waals surface area contributed by atoms with Crippen LogP contribution in [0.2, 0.25) is 10.0 Å². The van der Waals surface area contributed by atoms with Gasteiger partial charge in [0.05, 0.1) is 47.4 Å². The number of halogens is 2. The average molecular weight is 745 g/mol. The molecule has 2 aliphatic rings. The Bertz CT molecular complexity index is 2060. The molecule has 0 atom stereocenters. The lowest BCUT2D eigenvalue weighted by Crippen LogP contribution is -2.48. The van der Waals surface area contributed by atoms with Crippen molar-refractivity contribution in [1.82, 2.24) is 34.1 Å². The molecule has 1 N–H and O–H groups in total. The van der Waals surface area contributed by atoms with Crippen molar-refractivity contribution >= 4 is 63.0 Å². The van der Waals surface area contributed by atoms with Crippen molar-refractivity contribution < 1.29 is 14.3 Å². The number of carbonyl (C=O) groups excluding carboxylic acids is 1. The zero-order valence-corrected chi connectivity index (χ0v) is 31.3. The Morgan fingerprint density at radius 3 is 2.29 bits per heavy atom. The maximum absolute atomic E-state index is 12.0. The van der Waals surface area contributed by atoms with E-state index in [0.717, 1.165) is 86.5 Å². The molecule has 52 heavy (non-hydrogen) atoms. The molecule has 0 bridgehead atoms. The zero-order valence-electron chi connectivity index (χ0n) is 29.7. The lowest BCUT2D eigenvalue weighted by Gasteiger charge is -2.34. The van der Waals surface area contributed by atoms with E-state index >= 15 is 0 Å². The third-order valence-electron chi connectivity index (χ3n) is 9.95. The molecule has 0 unspecified atom stereocenters. The smallest absolute Gasteiger partial charge is 0.246 e. The number of hydrogen-bond donors (Lipinski definition) is 1. The second kappa shape index (κ2) is 15.5. The third kappa shape index (κ3) is 7.34. The topological polar surface area (TPSA) is 104 Å². The summed E-state index contributed by atoms with van der Waals surface area (Å²) in [6.45, 7) is 11.6. The zero-order chi connectivity index (χ0) is 36.4. The van der Waals surface area contributed by atoms with Gasteiger partial charge in [0, 0.05) is 93.4 Å². The molecule has 0 saturated carbocycles. The Morgan fingerprint density at radius 2 is 1.63 bits per heavy atom. The Kier molecular flexibility index (Phi) is 10.7. The fourth-order valence-electron chi connectivity index (χ4n) is 6.94. The van der Waals surface area contributed by atoms with Crippen molar-refractivity contribution in [2.24, 2.45) is 0 Å². The van der Waals surface area contributed by atoms with Gasteiger partial charge in [0.2, 0.25) is 5.91 Å². The number of fused-ring (bicyclic) bond motifs is 3. The summed E-state index contributed by atoms with van der Waals surface area (Å²) in [6, 6.07) is 9.79. The lowest BCUT2D eigenvalue weighted by molar-refractivity contribution is -0.127. The minimum Gasteiger partial charge on any atom is -0.495 e. The van der Waals surface area contributed by atoms with Gasteiger partial charge in [0.25, 0.3) is 0 Å². The molecule has 14 heteroatoms. The summed E-state index contributed by atoms with van der Waals surface area (Å²) in [4.78, 5) is 35.6. The summed E-state index contributed by atoms with van der Waals surface area (Å²) in [6.07, 6.45) is 8.88. The number of imidazole rings is 1. The Morgan fingerprint density at radius 1 is 0.923 bits per heavy atom. The Hall–Kier alpha value is -4.62. The predicted octanol–water partition coefficient (Wildman–Crippen LogP) is 6.03. The number of nitrogens with zero attached hydrogens (tertiary/aromatic N) is 8. The highest BCUT2D eigenvalue weighted by Gasteiger charge is 2.24. The molecule has 0 spiro atoms. The average Bonchev–Trinajstić information content (AvgIpc) is 3.60. The molecule has 7 rings (SSSR count). The van der Waals surface area contributed by atoms with Gasteiger partial charge in [-0.25, -0.2) is 15.0 Å². The van der Waals surface area contributed by atoms with Crippen molar-refractivity contribution in [2.45, 2.75) is 12.8 Å². The normalized spacial score (nSPS) is 15.7. The van der Waals surface area contributed by atoms with Crippen LogP contribution in [0, 0.1) is 0 Å². The van der Waals surface area contributed by atoms with Crippen LogP contribution in [0.4, 0.5) is 17.3 Å². The summed E-state index contributed by atoms with van der Waals surface area (Å²) < 4.78 is 13.3. The third-order valence-corrected chi connectivity index (χ3v) is 10.7. The van der Waals surface area contributed by atoms with Gasteiger partial charge in [0.1, 0.15) is 28.8 Å². The first-order chi connectivity index (χ1) is 25.3. The molecule has 2 fully saturated rings. The van der Waals surface area contributed by atoms with Gasteiger partial charge < -0.3 is 29.5 Å². The van der Waals surface area contributed by atoms with Crippen molar-refractivity contribution in [3.05, 3.63) is 77.3 Å². The van der Waals surface area contributed by atoms with E-state index in [1.165, 1.54) is 6.08 Å². The number of likely N-dealkylation sites (N-methyl/N-ethyl adjacent to an activating group) is 1. The Labute approximate surface area is 313 Å². The molecule has 272 valence electrons. The largest absolute Gasteiger partial charge is 0.495 e. The number of methoxy groups -OCH3 is 2. The molecule has 2 aliphatic heterocycles. The van der Waals surface area contributed by atoms with Crippen LogP contribution < -0.4 is 19.7 Å². The number of amides is 1. The molecule has 5 aromatic rings. The highest BCUT2D eigenvalue weighted by Crippen LogP contribution is 2.47. The summed E-state index contributed by atoms with van der Waals surface area (Å²) in [5, 5.41) is 4.99. The lowest BCUT2D eigenvalue weighted by atomic mass is 10.0. The Balaban J connectivity index is 1.20. The van der Waals surface area contributed by atoms with Gasteiger partial charge in [-0.15, -0.1) is 0 Å². The van der Waals surface area contributed by atoms with Crippen LogP contribution in [0.5, 0.6) is 11.5 Å². The molecular weight excluding hydrogens is 701 g/mol. The number of piperazine rings is 2. The predicted molar refractivity (Wildman–Crippen MR) is 208 cm³/mol. The van der Waals surface area contributed by atoms with Crippen LogP contribution in [0.15, 0.2) is 61.6 Å². The number of aryl methyl sites for hydroxylation is 1. The fraction of sp³-hybridized carbons (Fsp3) is 0.368. The van der Waals surface area contributed by atoms with E-state index in [-0.39, 0.29) is 5.91 Å². The quantitative estimate of drug-likeness (QED) is 0.162. The van der Waals surface area contributed by atoms with E-state index < -0.39 is 0 Å². The standard InChI is InChI=1S/C38H43Cl2N9O3/c1-5-34(50)48-17-13-46(14-18-48)10-6-7-26-24-49-29-20-33(44-32-9-8-27(23-42-32)47-15-11-45(2)12-16-47)41-22-25(29)19-28(38(49)43-26)35-36(39)30(51-3)21-31(52-4)37(35)40/h5,8-9,19-24H,1,6-7,10-18H2,2-4H3,(H,41,42,44). The molecule has 4 aromatic heterocycles. The molecule has 6 heterocycles. The van der Waals surface area contributed by atoms with E-state index in [2.05, 4.69) is 50.3 Å². The van der Waals surface area contributed by atoms with Gasteiger partial charge >= 0.3 is 0 Å². The summed E-state index contributed by atoms with van der Waals surface area (Å²) in [5.74, 6) is 2.25. The summed E-state index contributed by atoms with van der Waals surface area (Å²) in [7, 11) is 5.28. The monoisotopic (exact) mass is 743 g/mol. The van der Waals surface area contributed by atoms with Gasteiger partial charge in [-0.2, -0.15) is 0 Å². The van der Waals surface area contributed by atoms with E-state index in [0.29, 0.717) is 57.5 Å². The maximum atomic E-state index is 12.0. The maximum Gasteiger partial charge on any atom is 0.246 e.